The van der Waals surface area contributed by atoms with Crippen molar-refractivity contribution in [2.24, 2.45) is 0 Å². The van der Waals surface area contributed by atoms with Gasteiger partial charge in [-0.15, -0.1) is 0 Å². The Kier molecular flexibility index (Phi) is 4.03. The minimum atomic E-state index is -0.0406. The van der Waals surface area contributed by atoms with Crippen LogP contribution < -0.4 is 5.56 Å². The summed E-state index contributed by atoms with van der Waals surface area (Å²) in [6.07, 6.45) is 1.37. The lowest BCUT2D eigenvalue weighted by atomic mass is 10.3. The SMILES string of the molecule is CC.CCn1c(=O)cnc2ccccc21. The Morgan fingerprint density at radius 3 is 2.60 bits per heavy atom. The van der Waals surface area contributed by atoms with Gasteiger partial charge in [0.05, 0.1) is 17.2 Å². The van der Waals surface area contributed by atoms with Crippen LogP contribution in [0.25, 0.3) is 11.0 Å². The molecule has 0 saturated heterocycles. The second-order valence-electron chi connectivity index (χ2n) is 2.83. The van der Waals surface area contributed by atoms with E-state index < -0.39 is 0 Å². The van der Waals surface area contributed by atoms with Crippen LogP contribution in [0.15, 0.2) is 35.3 Å². The normalized spacial score (nSPS) is 9.53. The van der Waals surface area contributed by atoms with Crippen LogP contribution in [-0.2, 0) is 6.54 Å². The van der Waals surface area contributed by atoms with Crippen LogP contribution in [-0.4, -0.2) is 9.55 Å². The van der Waals surface area contributed by atoms with Crippen molar-refractivity contribution in [2.45, 2.75) is 27.3 Å². The standard InChI is InChI=1S/C10H10N2O.C2H6/c1-2-12-9-6-4-3-5-8(9)11-7-10(12)13;1-2/h3-7H,2H2,1H3;1-2H3. The molecule has 0 aliphatic carbocycles. The van der Waals surface area contributed by atoms with Crippen molar-refractivity contribution in [1.82, 2.24) is 9.55 Å². The molecule has 0 aliphatic heterocycles. The Bertz CT molecular complexity index is 488. The molecule has 0 spiro atoms. The summed E-state index contributed by atoms with van der Waals surface area (Å²) in [5.41, 5.74) is 1.72. The highest BCUT2D eigenvalue weighted by atomic mass is 16.1. The van der Waals surface area contributed by atoms with E-state index in [0.717, 1.165) is 11.0 Å². The molecular formula is C12H16N2O. The summed E-state index contributed by atoms with van der Waals surface area (Å²) in [7, 11) is 0. The zero-order chi connectivity index (χ0) is 11.3. The first-order valence-corrected chi connectivity index (χ1v) is 5.27. The summed E-state index contributed by atoms with van der Waals surface area (Å²) in [5, 5.41) is 0. The van der Waals surface area contributed by atoms with Crippen molar-refractivity contribution in [3.8, 4) is 0 Å². The highest BCUT2D eigenvalue weighted by Crippen LogP contribution is 2.07. The molecule has 80 valence electrons. The second-order valence-corrected chi connectivity index (χ2v) is 2.83. The summed E-state index contributed by atoms with van der Waals surface area (Å²) in [5.74, 6) is 0. The van der Waals surface area contributed by atoms with Crippen LogP contribution in [0.1, 0.15) is 20.8 Å². The van der Waals surface area contributed by atoms with Crippen molar-refractivity contribution in [3.05, 3.63) is 40.8 Å². The quantitative estimate of drug-likeness (QED) is 0.715. The number of fused-ring (bicyclic) bond motifs is 1. The summed E-state index contributed by atoms with van der Waals surface area (Å²) < 4.78 is 1.71. The molecule has 2 aromatic rings. The van der Waals surface area contributed by atoms with Crippen LogP contribution in [0.3, 0.4) is 0 Å². The van der Waals surface area contributed by atoms with E-state index in [2.05, 4.69) is 4.98 Å². The van der Waals surface area contributed by atoms with E-state index in [-0.39, 0.29) is 5.56 Å². The number of aryl methyl sites for hydroxylation is 1. The van der Waals surface area contributed by atoms with Gasteiger partial charge >= 0.3 is 0 Å². The first-order chi connectivity index (χ1) is 7.33. The molecule has 3 heteroatoms. The molecule has 3 nitrogen and oxygen atoms in total. The number of nitrogens with zero attached hydrogens (tertiary/aromatic N) is 2. The monoisotopic (exact) mass is 204 g/mol. The van der Waals surface area contributed by atoms with E-state index in [0.29, 0.717) is 6.54 Å². The molecule has 1 aromatic carbocycles. The molecule has 0 radical (unpaired) electrons. The molecule has 0 unspecified atom stereocenters. The lowest BCUT2D eigenvalue weighted by molar-refractivity contribution is 0.753. The van der Waals surface area contributed by atoms with Crippen LogP contribution in [0.5, 0.6) is 0 Å². The van der Waals surface area contributed by atoms with Gasteiger partial charge in [0, 0.05) is 6.54 Å². The summed E-state index contributed by atoms with van der Waals surface area (Å²) in [4.78, 5) is 15.4. The molecule has 0 fully saturated rings. The molecule has 1 aromatic heterocycles. The maximum Gasteiger partial charge on any atom is 0.269 e. The fraction of sp³-hybridized carbons (Fsp3) is 0.333. The Morgan fingerprint density at radius 1 is 1.27 bits per heavy atom. The molecule has 1 heterocycles. The van der Waals surface area contributed by atoms with Crippen molar-refractivity contribution in [3.63, 3.8) is 0 Å². The topological polar surface area (TPSA) is 34.9 Å². The van der Waals surface area contributed by atoms with Crippen molar-refractivity contribution < 1.29 is 0 Å². The maximum absolute atomic E-state index is 11.4. The number of para-hydroxylation sites is 2. The third kappa shape index (κ3) is 2.24. The van der Waals surface area contributed by atoms with Gasteiger partial charge in [-0.05, 0) is 19.1 Å². The van der Waals surface area contributed by atoms with Crippen LogP contribution in [0.2, 0.25) is 0 Å². The van der Waals surface area contributed by atoms with Crippen LogP contribution in [0, 0.1) is 0 Å². The zero-order valence-corrected chi connectivity index (χ0v) is 9.40. The van der Waals surface area contributed by atoms with E-state index in [4.69, 9.17) is 0 Å². The third-order valence-electron chi connectivity index (χ3n) is 2.07. The minimum Gasteiger partial charge on any atom is -0.306 e. The molecule has 0 amide bonds. The number of hydrogen-bond acceptors (Lipinski definition) is 2. The smallest absolute Gasteiger partial charge is 0.269 e. The fourth-order valence-electron chi connectivity index (χ4n) is 1.44. The van der Waals surface area contributed by atoms with Crippen molar-refractivity contribution in [1.29, 1.82) is 0 Å². The molecule has 0 atom stereocenters. The Hall–Kier alpha value is -1.64. The highest BCUT2D eigenvalue weighted by Gasteiger charge is 1.99. The number of rotatable bonds is 1. The summed E-state index contributed by atoms with van der Waals surface area (Å²) in [6.45, 7) is 6.63. The third-order valence-corrected chi connectivity index (χ3v) is 2.07. The van der Waals surface area contributed by atoms with Crippen LogP contribution >= 0.6 is 0 Å². The van der Waals surface area contributed by atoms with Gasteiger partial charge in [0.2, 0.25) is 0 Å². The molecule has 0 saturated carbocycles. The maximum atomic E-state index is 11.4. The molecular weight excluding hydrogens is 188 g/mol. The summed E-state index contributed by atoms with van der Waals surface area (Å²) in [6, 6.07) is 7.64. The van der Waals surface area contributed by atoms with Crippen LogP contribution in [0.4, 0.5) is 0 Å². The van der Waals surface area contributed by atoms with E-state index in [1.165, 1.54) is 6.20 Å². The number of aromatic nitrogens is 2. The van der Waals surface area contributed by atoms with Gasteiger partial charge in [0.25, 0.3) is 5.56 Å². The van der Waals surface area contributed by atoms with Gasteiger partial charge in [0.1, 0.15) is 0 Å². The molecule has 15 heavy (non-hydrogen) atoms. The Balaban J connectivity index is 0.000000531. The Labute approximate surface area is 89.4 Å². The highest BCUT2D eigenvalue weighted by molar-refractivity contribution is 5.74. The summed E-state index contributed by atoms with van der Waals surface area (Å²) >= 11 is 0. The minimum absolute atomic E-state index is 0.0406. The first-order valence-electron chi connectivity index (χ1n) is 5.27. The van der Waals surface area contributed by atoms with E-state index in [1.54, 1.807) is 4.57 Å². The predicted molar refractivity (Wildman–Crippen MR) is 63.0 cm³/mol. The molecule has 0 bridgehead atoms. The zero-order valence-electron chi connectivity index (χ0n) is 9.40. The van der Waals surface area contributed by atoms with Gasteiger partial charge in [-0.3, -0.25) is 4.79 Å². The number of benzene rings is 1. The van der Waals surface area contributed by atoms with Crippen molar-refractivity contribution in [2.75, 3.05) is 0 Å². The molecule has 2 rings (SSSR count). The average molecular weight is 204 g/mol. The predicted octanol–water partition coefficient (Wildman–Crippen LogP) is 2.44. The number of hydrogen-bond donors (Lipinski definition) is 0. The van der Waals surface area contributed by atoms with E-state index >= 15 is 0 Å². The van der Waals surface area contributed by atoms with Gasteiger partial charge in [0.15, 0.2) is 0 Å². The van der Waals surface area contributed by atoms with Gasteiger partial charge < -0.3 is 4.57 Å². The van der Waals surface area contributed by atoms with Gasteiger partial charge in [-0.2, -0.15) is 0 Å². The van der Waals surface area contributed by atoms with Gasteiger partial charge in [-0.25, -0.2) is 4.98 Å². The van der Waals surface area contributed by atoms with E-state index in [1.807, 2.05) is 45.0 Å². The first kappa shape index (κ1) is 11.4. The molecule has 0 aliphatic rings. The average Bonchev–Trinajstić information content (AvgIpc) is 2.32. The van der Waals surface area contributed by atoms with Crippen molar-refractivity contribution >= 4 is 11.0 Å². The Morgan fingerprint density at radius 2 is 1.93 bits per heavy atom. The lowest BCUT2D eigenvalue weighted by Gasteiger charge is -2.04. The van der Waals surface area contributed by atoms with Gasteiger partial charge in [-0.1, -0.05) is 26.0 Å². The fourth-order valence-corrected chi connectivity index (χ4v) is 1.44. The largest absolute Gasteiger partial charge is 0.306 e. The molecule has 0 N–H and O–H groups in total. The lowest BCUT2D eigenvalue weighted by Crippen LogP contribution is -2.19. The van der Waals surface area contributed by atoms with E-state index in [9.17, 15) is 4.79 Å². The second kappa shape index (κ2) is 5.29.